The van der Waals surface area contributed by atoms with Gasteiger partial charge in [-0.1, -0.05) is 13.8 Å². The Morgan fingerprint density at radius 2 is 2.00 bits per heavy atom. The summed E-state index contributed by atoms with van der Waals surface area (Å²) in [6.07, 6.45) is 2.59. The number of sulfonamides is 1. The largest absolute Gasteiger partial charge is 0.384 e. The first-order valence-electron chi connectivity index (χ1n) is 6.94. The number of carbonyl (C=O) groups is 1. The van der Waals surface area contributed by atoms with Gasteiger partial charge in [-0.25, -0.2) is 18.1 Å². The van der Waals surface area contributed by atoms with E-state index < -0.39 is 10.0 Å². The lowest BCUT2D eigenvalue weighted by molar-refractivity contribution is 0.0951. The summed E-state index contributed by atoms with van der Waals surface area (Å²) < 4.78 is 25.2. The molecule has 118 valence electrons. The first-order chi connectivity index (χ1) is 9.98. The second kappa shape index (κ2) is 8.58. The molecule has 7 nitrogen and oxygen atoms in total. The van der Waals surface area contributed by atoms with Crippen molar-refractivity contribution in [3.05, 3.63) is 24.0 Å². The molecule has 0 aliphatic heterocycles. The van der Waals surface area contributed by atoms with Gasteiger partial charge in [-0.05, 0) is 18.6 Å². The fourth-order valence-electron chi connectivity index (χ4n) is 1.58. The maximum Gasteiger partial charge on any atom is 0.269 e. The van der Waals surface area contributed by atoms with Crippen molar-refractivity contribution in [1.29, 1.82) is 0 Å². The fraction of sp³-hybridized carbons (Fsp3) is 0.538. The van der Waals surface area contributed by atoms with Crippen LogP contribution in [0, 0.1) is 0 Å². The highest BCUT2D eigenvalue weighted by atomic mass is 32.2. The number of amides is 1. The van der Waals surface area contributed by atoms with E-state index in [1.54, 1.807) is 25.3 Å². The Morgan fingerprint density at radius 3 is 2.57 bits per heavy atom. The average Bonchev–Trinajstić information content (AvgIpc) is 2.45. The second-order valence-corrected chi connectivity index (χ2v) is 6.36. The van der Waals surface area contributed by atoms with Crippen molar-refractivity contribution in [1.82, 2.24) is 15.0 Å². The SMILES string of the molecule is CCCNc1ccc(C(=O)NCCS(=O)(=O)NCC)nc1. The summed E-state index contributed by atoms with van der Waals surface area (Å²) >= 11 is 0. The number of hydrogen-bond donors (Lipinski definition) is 3. The molecule has 0 radical (unpaired) electrons. The molecular weight excluding hydrogens is 292 g/mol. The highest BCUT2D eigenvalue weighted by Gasteiger charge is 2.11. The minimum Gasteiger partial charge on any atom is -0.384 e. The quantitative estimate of drug-likeness (QED) is 0.619. The third kappa shape index (κ3) is 6.54. The summed E-state index contributed by atoms with van der Waals surface area (Å²) in [5, 5.41) is 5.69. The maximum absolute atomic E-state index is 11.8. The monoisotopic (exact) mass is 314 g/mol. The Hall–Kier alpha value is -1.67. The summed E-state index contributed by atoms with van der Waals surface area (Å²) in [5.41, 5.74) is 1.11. The number of nitrogens with zero attached hydrogens (tertiary/aromatic N) is 1. The summed E-state index contributed by atoms with van der Waals surface area (Å²) in [4.78, 5) is 15.8. The predicted octanol–water partition coefficient (Wildman–Crippen LogP) is 0.573. The van der Waals surface area contributed by atoms with Gasteiger partial charge in [0.1, 0.15) is 5.69 Å². The molecule has 0 aromatic carbocycles. The number of anilines is 1. The van der Waals surface area contributed by atoms with E-state index in [4.69, 9.17) is 0 Å². The summed E-state index contributed by atoms with van der Waals surface area (Å²) in [5.74, 6) is -0.536. The average molecular weight is 314 g/mol. The van der Waals surface area contributed by atoms with Crippen LogP contribution in [-0.4, -0.2) is 44.7 Å². The van der Waals surface area contributed by atoms with Crippen molar-refractivity contribution in [3.63, 3.8) is 0 Å². The van der Waals surface area contributed by atoms with Gasteiger partial charge in [-0.2, -0.15) is 0 Å². The van der Waals surface area contributed by atoms with Crippen molar-refractivity contribution in [3.8, 4) is 0 Å². The third-order valence-corrected chi connectivity index (χ3v) is 4.07. The number of aromatic nitrogens is 1. The lowest BCUT2D eigenvalue weighted by atomic mass is 10.3. The topological polar surface area (TPSA) is 100 Å². The van der Waals surface area contributed by atoms with Gasteiger partial charge in [0.15, 0.2) is 0 Å². The van der Waals surface area contributed by atoms with Crippen LogP contribution in [-0.2, 0) is 10.0 Å². The van der Waals surface area contributed by atoms with E-state index in [1.807, 2.05) is 0 Å². The van der Waals surface area contributed by atoms with Gasteiger partial charge < -0.3 is 10.6 Å². The molecule has 1 amide bonds. The van der Waals surface area contributed by atoms with Crippen LogP contribution >= 0.6 is 0 Å². The van der Waals surface area contributed by atoms with E-state index in [-0.39, 0.29) is 23.9 Å². The summed E-state index contributed by atoms with van der Waals surface area (Å²) in [7, 11) is -3.32. The van der Waals surface area contributed by atoms with E-state index in [9.17, 15) is 13.2 Å². The molecule has 0 fully saturated rings. The highest BCUT2D eigenvalue weighted by Crippen LogP contribution is 2.05. The van der Waals surface area contributed by atoms with Crippen molar-refractivity contribution in [2.24, 2.45) is 0 Å². The van der Waals surface area contributed by atoms with E-state index >= 15 is 0 Å². The molecule has 21 heavy (non-hydrogen) atoms. The van der Waals surface area contributed by atoms with Crippen LogP contribution in [0.2, 0.25) is 0 Å². The molecule has 1 rings (SSSR count). The molecule has 8 heteroatoms. The van der Waals surface area contributed by atoms with Gasteiger partial charge in [-0.15, -0.1) is 0 Å². The van der Waals surface area contributed by atoms with Gasteiger partial charge in [0.05, 0.1) is 17.6 Å². The zero-order valence-corrected chi connectivity index (χ0v) is 13.2. The molecule has 1 heterocycles. The molecule has 3 N–H and O–H groups in total. The van der Waals surface area contributed by atoms with Gasteiger partial charge >= 0.3 is 0 Å². The minimum absolute atomic E-state index is 0.0473. The molecule has 0 unspecified atom stereocenters. The second-order valence-electron chi connectivity index (χ2n) is 4.43. The van der Waals surface area contributed by atoms with Crippen molar-refractivity contribution in [2.75, 3.05) is 30.7 Å². The van der Waals surface area contributed by atoms with E-state index in [1.165, 1.54) is 0 Å². The normalized spacial score (nSPS) is 11.1. The maximum atomic E-state index is 11.8. The Balaban J connectivity index is 2.45. The van der Waals surface area contributed by atoms with Crippen molar-refractivity contribution >= 4 is 21.6 Å². The van der Waals surface area contributed by atoms with Crippen molar-refractivity contribution in [2.45, 2.75) is 20.3 Å². The minimum atomic E-state index is -3.32. The van der Waals surface area contributed by atoms with Gasteiger partial charge in [0.2, 0.25) is 10.0 Å². The standard InChI is InChI=1S/C13H22N4O3S/c1-3-7-14-11-5-6-12(16-10-11)13(18)15-8-9-21(19,20)17-4-2/h5-6,10,14,17H,3-4,7-9H2,1-2H3,(H,15,18). The number of rotatable bonds is 9. The van der Waals surface area contributed by atoms with Gasteiger partial charge in [0.25, 0.3) is 5.91 Å². The Bertz CT molecular complexity index is 543. The zero-order chi connectivity index (χ0) is 15.7. The smallest absolute Gasteiger partial charge is 0.269 e. The number of pyridine rings is 1. The van der Waals surface area contributed by atoms with Gasteiger partial charge in [-0.3, -0.25) is 4.79 Å². The van der Waals surface area contributed by atoms with Crippen LogP contribution < -0.4 is 15.4 Å². The van der Waals surface area contributed by atoms with Gasteiger partial charge in [0, 0.05) is 19.6 Å². The van der Waals surface area contributed by atoms with Crippen molar-refractivity contribution < 1.29 is 13.2 Å². The molecule has 1 aromatic heterocycles. The zero-order valence-electron chi connectivity index (χ0n) is 12.3. The number of carbonyl (C=O) groups excluding carboxylic acids is 1. The van der Waals surface area contributed by atoms with Crippen LogP contribution in [0.3, 0.4) is 0 Å². The summed E-state index contributed by atoms with van der Waals surface area (Å²) in [6, 6.07) is 3.37. The fourth-order valence-corrected chi connectivity index (χ4v) is 2.54. The van der Waals surface area contributed by atoms with Crippen LogP contribution in [0.15, 0.2) is 18.3 Å². The Kier molecular flexibility index (Phi) is 7.10. The van der Waals surface area contributed by atoms with Crippen LogP contribution in [0.4, 0.5) is 5.69 Å². The lowest BCUT2D eigenvalue weighted by Crippen LogP contribution is -2.34. The molecule has 0 saturated carbocycles. The molecule has 0 spiro atoms. The summed E-state index contributed by atoms with van der Waals surface area (Å²) in [6.45, 7) is 4.99. The first kappa shape index (κ1) is 17.4. The molecule has 0 aliphatic rings. The first-order valence-corrected chi connectivity index (χ1v) is 8.59. The predicted molar refractivity (Wildman–Crippen MR) is 82.8 cm³/mol. The van der Waals surface area contributed by atoms with Crippen LogP contribution in [0.1, 0.15) is 30.8 Å². The molecule has 0 bridgehead atoms. The molecule has 1 aromatic rings. The lowest BCUT2D eigenvalue weighted by Gasteiger charge is -2.07. The Labute approximate surface area is 125 Å². The highest BCUT2D eigenvalue weighted by molar-refractivity contribution is 7.89. The molecule has 0 aliphatic carbocycles. The number of nitrogens with one attached hydrogen (secondary N) is 3. The molecule has 0 atom stereocenters. The van der Waals surface area contributed by atoms with Crippen LogP contribution in [0.5, 0.6) is 0 Å². The van der Waals surface area contributed by atoms with E-state index in [0.717, 1.165) is 18.7 Å². The molecule has 0 saturated heterocycles. The number of hydrogen-bond acceptors (Lipinski definition) is 5. The van der Waals surface area contributed by atoms with Crippen LogP contribution in [0.25, 0.3) is 0 Å². The van der Waals surface area contributed by atoms with E-state index in [0.29, 0.717) is 6.54 Å². The molecular formula is C13H22N4O3S. The van der Waals surface area contributed by atoms with E-state index in [2.05, 4.69) is 27.3 Å². The Morgan fingerprint density at radius 1 is 1.24 bits per heavy atom. The third-order valence-electron chi connectivity index (χ3n) is 2.60.